The van der Waals surface area contributed by atoms with E-state index >= 15 is 0 Å². The molecule has 2 atom stereocenters. The van der Waals surface area contributed by atoms with Gasteiger partial charge in [-0.05, 0) is 35.0 Å². The zero-order valence-electron chi connectivity index (χ0n) is 21.3. The van der Waals surface area contributed by atoms with E-state index in [1.54, 1.807) is 19.1 Å². The maximum absolute atomic E-state index is 14.8. The van der Waals surface area contributed by atoms with Gasteiger partial charge in [0.2, 0.25) is 0 Å². The molecule has 1 aliphatic rings. The Morgan fingerprint density at radius 2 is 1.90 bits per heavy atom. The van der Waals surface area contributed by atoms with E-state index < -0.39 is 34.7 Å². The second-order valence-corrected chi connectivity index (χ2v) is 11.0. The molecular formula is C28H27F2N3O5S. The molecule has 0 unspecified atom stereocenters. The van der Waals surface area contributed by atoms with Crippen LogP contribution in [0.1, 0.15) is 34.7 Å². The summed E-state index contributed by atoms with van der Waals surface area (Å²) < 4.78 is 46.7. The molecule has 1 N–H and O–H groups in total. The number of rotatable bonds is 8. The molecule has 0 spiro atoms. The molecule has 1 aromatic heterocycles. The third kappa shape index (κ3) is 5.81. The number of carbonyl (C=O) groups excluding carboxylic acids is 1. The highest BCUT2D eigenvalue weighted by Crippen LogP contribution is 2.39. The van der Waals surface area contributed by atoms with E-state index in [-0.39, 0.29) is 17.4 Å². The Bertz CT molecular complexity index is 1460. The fourth-order valence-electron chi connectivity index (χ4n) is 4.65. The topological polar surface area (TPSA) is 95.7 Å². The molecule has 11 heteroatoms. The molecule has 8 nitrogen and oxygen atoms in total. The smallest absolute Gasteiger partial charge is 0.337 e. The summed E-state index contributed by atoms with van der Waals surface area (Å²) >= 11 is 1.40. The van der Waals surface area contributed by atoms with E-state index in [1.807, 2.05) is 24.3 Å². The van der Waals surface area contributed by atoms with Crippen LogP contribution in [0.15, 0.2) is 67.3 Å². The molecule has 2 heterocycles. The SMILES string of the molecule is COC(=O)c1ccc2cc([C@H]3OC[C@H](S[C@H](C)[C@](O)(Cn4cncn4)c4ccc(F)cc4F)CO3)ccc2c1. The number of ether oxygens (including phenoxy) is 3. The van der Waals surface area contributed by atoms with Crippen LogP contribution in [0.2, 0.25) is 0 Å². The first-order valence-electron chi connectivity index (χ1n) is 12.3. The molecule has 0 bridgehead atoms. The number of esters is 1. The Morgan fingerprint density at radius 3 is 2.59 bits per heavy atom. The number of nitrogens with zero attached hydrogens (tertiary/aromatic N) is 3. The van der Waals surface area contributed by atoms with Gasteiger partial charge < -0.3 is 19.3 Å². The molecule has 0 radical (unpaired) electrons. The summed E-state index contributed by atoms with van der Waals surface area (Å²) in [5.41, 5.74) is -0.433. The number of aliphatic hydroxyl groups is 1. The van der Waals surface area contributed by atoms with Crippen molar-refractivity contribution in [3.8, 4) is 0 Å². The van der Waals surface area contributed by atoms with Gasteiger partial charge in [-0.3, -0.25) is 0 Å². The highest BCUT2D eigenvalue weighted by Gasteiger charge is 2.41. The van der Waals surface area contributed by atoms with Gasteiger partial charge in [0, 0.05) is 22.4 Å². The maximum Gasteiger partial charge on any atom is 0.337 e. The largest absolute Gasteiger partial charge is 0.465 e. The van der Waals surface area contributed by atoms with Gasteiger partial charge in [0.15, 0.2) is 6.29 Å². The van der Waals surface area contributed by atoms with Crippen LogP contribution in [0, 0.1) is 11.6 Å². The van der Waals surface area contributed by atoms with Crippen LogP contribution >= 0.6 is 11.8 Å². The molecular weight excluding hydrogens is 528 g/mol. The number of hydrogen-bond donors (Lipinski definition) is 1. The van der Waals surface area contributed by atoms with Crippen molar-refractivity contribution >= 4 is 28.5 Å². The van der Waals surface area contributed by atoms with Gasteiger partial charge in [-0.2, -0.15) is 5.10 Å². The minimum Gasteiger partial charge on any atom is -0.465 e. The quantitative estimate of drug-likeness (QED) is 0.315. The Hall–Kier alpha value is -3.38. The lowest BCUT2D eigenvalue weighted by atomic mass is 9.90. The predicted octanol–water partition coefficient (Wildman–Crippen LogP) is 4.62. The van der Waals surface area contributed by atoms with Crippen LogP contribution in [0.4, 0.5) is 8.78 Å². The molecule has 204 valence electrons. The average molecular weight is 556 g/mol. The minimum absolute atomic E-state index is 0.0264. The lowest BCUT2D eigenvalue weighted by Crippen LogP contribution is -2.43. The molecule has 5 rings (SSSR count). The van der Waals surface area contributed by atoms with Crippen LogP contribution in [0.25, 0.3) is 10.8 Å². The maximum atomic E-state index is 14.8. The summed E-state index contributed by atoms with van der Waals surface area (Å²) in [7, 11) is 1.35. The van der Waals surface area contributed by atoms with Crippen LogP contribution in [-0.2, 0) is 26.4 Å². The van der Waals surface area contributed by atoms with Gasteiger partial charge in [-0.25, -0.2) is 23.2 Å². The van der Waals surface area contributed by atoms with Crippen molar-refractivity contribution in [2.45, 2.75) is 35.9 Å². The molecule has 3 aromatic carbocycles. The van der Waals surface area contributed by atoms with Crippen molar-refractivity contribution in [3.63, 3.8) is 0 Å². The summed E-state index contributed by atoms with van der Waals surface area (Å²) in [5.74, 6) is -1.96. The van der Waals surface area contributed by atoms with Gasteiger partial charge in [0.05, 0.1) is 37.7 Å². The van der Waals surface area contributed by atoms with Crippen LogP contribution < -0.4 is 0 Å². The number of carbonyl (C=O) groups is 1. The number of aromatic nitrogens is 3. The fourth-order valence-corrected chi connectivity index (χ4v) is 5.97. The Labute approximate surface area is 227 Å². The number of halogens is 2. The van der Waals surface area contributed by atoms with E-state index in [0.717, 1.165) is 28.5 Å². The van der Waals surface area contributed by atoms with Crippen LogP contribution in [-0.4, -0.2) is 56.7 Å². The third-order valence-electron chi connectivity index (χ3n) is 6.76. The molecule has 39 heavy (non-hydrogen) atoms. The third-order valence-corrected chi connectivity index (χ3v) is 8.22. The first-order valence-corrected chi connectivity index (χ1v) is 13.2. The molecule has 1 saturated heterocycles. The standard InChI is InChI=1S/C28H27F2N3O5S/c1-17(28(35,14-33-16-31-15-32-33)24-8-7-22(29)11-25(24)30)39-23-12-37-27(38-13-23)21-6-4-18-9-20(26(34)36-2)5-3-19(18)10-21/h3-11,15-17,23,27,35H,12-14H2,1-2H3/t17-,23-,27-,28-/m1/s1. The summed E-state index contributed by atoms with van der Waals surface area (Å²) in [6.07, 6.45) is 2.18. The number of fused-ring (bicyclic) bond motifs is 1. The van der Waals surface area contributed by atoms with E-state index in [1.165, 1.54) is 42.3 Å². The first-order chi connectivity index (χ1) is 18.8. The van der Waals surface area contributed by atoms with E-state index in [9.17, 15) is 18.7 Å². The Balaban J connectivity index is 1.27. The number of thioether (sulfide) groups is 1. The second-order valence-electron chi connectivity index (χ2n) is 9.35. The van der Waals surface area contributed by atoms with Crippen LogP contribution in [0.5, 0.6) is 0 Å². The summed E-state index contributed by atoms with van der Waals surface area (Å²) in [6.45, 7) is 2.38. The van der Waals surface area contributed by atoms with Gasteiger partial charge in [-0.15, -0.1) is 11.8 Å². The van der Waals surface area contributed by atoms with Gasteiger partial charge in [-0.1, -0.05) is 31.2 Å². The van der Waals surface area contributed by atoms with Crippen LogP contribution in [0.3, 0.4) is 0 Å². The summed E-state index contributed by atoms with van der Waals surface area (Å²) in [4.78, 5) is 15.7. The normalized spacial score (nSPS) is 19.9. The zero-order valence-corrected chi connectivity index (χ0v) is 22.1. The van der Waals surface area contributed by atoms with Gasteiger partial charge in [0.1, 0.15) is 29.9 Å². The zero-order chi connectivity index (χ0) is 27.6. The van der Waals surface area contributed by atoms with Crippen molar-refractivity contribution in [2.75, 3.05) is 20.3 Å². The molecule has 1 fully saturated rings. The predicted molar refractivity (Wildman–Crippen MR) is 141 cm³/mol. The highest BCUT2D eigenvalue weighted by molar-refractivity contribution is 8.00. The summed E-state index contributed by atoms with van der Waals surface area (Å²) in [6, 6.07) is 14.2. The van der Waals surface area contributed by atoms with E-state index in [4.69, 9.17) is 14.2 Å². The molecule has 4 aromatic rings. The minimum atomic E-state index is -1.71. The van der Waals surface area contributed by atoms with Crippen molar-refractivity contribution in [1.29, 1.82) is 0 Å². The van der Waals surface area contributed by atoms with Crippen molar-refractivity contribution in [1.82, 2.24) is 14.8 Å². The average Bonchev–Trinajstić information content (AvgIpc) is 3.45. The monoisotopic (exact) mass is 555 g/mol. The van der Waals surface area contributed by atoms with Crippen molar-refractivity contribution < 1.29 is 32.9 Å². The molecule has 0 aliphatic carbocycles. The van der Waals surface area contributed by atoms with Crippen molar-refractivity contribution in [2.24, 2.45) is 0 Å². The Morgan fingerprint density at radius 1 is 1.15 bits per heavy atom. The van der Waals surface area contributed by atoms with E-state index in [2.05, 4.69) is 10.1 Å². The second kappa shape index (κ2) is 11.4. The van der Waals surface area contributed by atoms with E-state index in [0.29, 0.717) is 18.8 Å². The van der Waals surface area contributed by atoms with Gasteiger partial charge >= 0.3 is 5.97 Å². The first kappa shape index (κ1) is 27.2. The molecule has 0 saturated carbocycles. The number of benzene rings is 3. The lowest BCUT2D eigenvalue weighted by molar-refractivity contribution is -0.179. The lowest BCUT2D eigenvalue weighted by Gasteiger charge is -2.37. The van der Waals surface area contributed by atoms with Crippen molar-refractivity contribution in [3.05, 3.63) is 95.6 Å². The number of hydrogen-bond acceptors (Lipinski definition) is 8. The Kier molecular flexibility index (Phi) is 7.94. The number of methoxy groups -OCH3 is 1. The fraction of sp³-hybridized carbons (Fsp3) is 0.321. The summed E-state index contributed by atoms with van der Waals surface area (Å²) in [5, 5.41) is 16.9. The van der Waals surface area contributed by atoms with Gasteiger partial charge in [0.25, 0.3) is 0 Å². The molecule has 0 amide bonds. The molecule has 1 aliphatic heterocycles. The highest BCUT2D eigenvalue weighted by atomic mass is 32.2.